The maximum atomic E-state index is 11.2. The molecule has 1 N–H and O–H groups in total. The smallest absolute Gasteiger partial charge is 0.163 e. The topological polar surface area (TPSA) is 37.3 Å². The van der Waals surface area contributed by atoms with Crippen LogP contribution < -0.4 is 0 Å². The quantitative estimate of drug-likeness (QED) is 0.706. The Hall–Kier alpha value is -1.31. The van der Waals surface area contributed by atoms with Crippen LogP contribution in [0.1, 0.15) is 35.3 Å². The summed E-state index contributed by atoms with van der Waals surface area (Å²) in [6, 6.07) is 3.73. The van der Waals surface area contributed by atoms with Gasteiger partial charge in [-0.25, -0.2) is 0 Å². The van der Waals surface area contributed by atoms with E-state index in [1.807, 2.05) is 19.1 Å². The van der Waals surface area contributed by atoms with Crippen molar-refractivity contribution < 1.29 is 9.90 Å². The third-order valence-corrected chi connectivity index (χ3v) is 2.20. The SMILES string of the molecule is CCc1ccc(C)c(O)c1C(C)=O. The molecule has 1 aromatic carbocycles. The van der Waals surface area contributed by atoms with E-state index >= 15 is 0 Å². The number of ketones is 1. The third kappa shape index (κ3) is 1.72. The molecule has 0 bridgehead atoms. The highest BCUT2D eigenvalue weighted by atomic mass is 16.3. The molecule has 0 radical (unpaired) electrons. The summed E-state index contributed by atoms with van der Waals surface area (Å²) in [5, 5.41) is 9.66. The van der Waals surface area contributed by atoms with Gasteiger partial charge in [-0.2, -0.15) is 0 Å². The Morgan fingerprint density at radius 2 is 2.08 bits per heavy atom. The lowest BCUT2D eigenvalue weighted by Crippen LogP contribution is -2.00. The van der Waals surface area contributed by atoms with E-state index in [1.54, 1.807) is 6.92 Å². The second-order valence-electron chi connectivity index (χ2n) is 3.17. The molecule has 0 aliphatic heterocycles. The minimum atomic E-state index is -0.0712. The number of aryl methyl sites for hydroxylation is 2. The van der Waals surface area contributed by atoms with Crippen molar-refractivity contribution in [3.8, 4) is 5.75 Å². The van der Waals surface area contributed by atoms with Gasteiger partial charge in [-0.1, -0.05) is 19.1 Å². The Morgan fingerprint density at radius 3 is 2.54 bits per heavy atom. The second kappa shape index (κ2) is 3.60. The van der Waals surface area contributed by atoms with E-state index in [2.05, 4.69) is 0 Å². The van der Waals surface area contributed by atoms with Crippen molar-refractivity contribution in [1.82, 2.24) is 0 Å². The molecule has 2 heteroatoms. The molecule has 0 amide bonds. The lowest BCUT2D eigenvalue weighted by molar-refractivity contribution is 0.101. The lowest BCUT2D eigenvalue weighted by atomic mass is 9.98. The molecule has 0 heterocycles. The number of benzene rings is 1. The largest absolute Gasteiger partial charge is 0.507 e. The molecule has 0 unspecified atom stereocenters. The first-order chi connectivity index (χ1) is 6.07. The summed E-state index contributed by atoms with van der Waals surface area (Å²) in [5.74, 6) is 0.0601. The van der Waals surface area contributed by atoms with Crippen molar-refractivity contribution in [1.29, 1.82) is 0 Å². The molecular formula is C11H14O2. The van der Waals surface area contributed by atoms with Gasteiger partial charge < -0.3 is 5.11 Å². The van der Waals surface area contributed by atoms with Gasteiger partial charge >= 0.3 is 0 Å². The van der Waals surface area contributed by atoms with Crippen LogP contribution in [0.25, 0.3) is 0 Å². The van der Waals surface area contributed by atoms with Crippen molar-refractivity contribution in [2.45, 2.75) is 27.2 Å². The standard InChI is InChI=1S/C11H14O2/c1-4-9-6-5-7(2)11(13)10(9)8(3)12/h5-6,13H,4H2,1-3H3. The van der Waals surface area contributed by atoms with Gasteiger partial charge in [0, 0.05) is 0 Å². The van der Waals surface area contributed by atoms with Crippen LogP contribution in [-0.2, 0) is 6.42 Å². The summed E-state index contributed by atoms with van der Waals surface area (Å²) in [4.78, 5) is 11.2. The molecule has 2 nitrogen and oxygen atoms in total. The molecule has 13 heavy (non-hydrogen) atoms. The summed E-state index contributed by atoms with van der Waals surface area (Å²) in [5.41, 5.74) is 2.14. The number of Topliss-reactive ketones (excluding diaryl/α,β-unsaturated/α-hetero) is 1. The van der Waals surface area contributed by atoms with Gasteiger partial charge in [0.05, 0.1) is 5.56 Å². The Morgan fingerprint density at radius 1 is 1.46 bits per heavy atom. The molecule has 0 saturated heterocycles. The van der Waals surface area contributed by atoms with Gasteiger partial charge in [0.2, 0.25) is 0 Å². The van der Waals surface area contributed by atoms with Crippen molar-refractivity contribution in [2.24, 2.45) is 0 Å². The Balaban J connectivity index is 3.41. The first-order valence-electron chi connectivity index (χ1n) is 4.40. The van der Waals surface area contributed by atoms with E-state index in [4.69, 9.17) is 0 Å². The highest BCUT2D eigenvalue weighted by Crippen LogP contribution is 2.26. The number of carbonyl (C=O) groups is 1. The average Bonchev–Trinajstić information content (AvgIpc) is 2.08. The summed E-state index contributed by atoms with van der Waals surface area (Å²) in [6.07, 6.45) is 0.767. The maximum Gasteiger partial charge on any atom is 0.163 e. The third-order valence-electron chi connectivity index (χ3n) is 2.20. The lowest BCUT2D eigenvalue weighted by Gasteiger charge is -2.08. The van der Waals surface area contributed by atoms with Crippen molar-refractivity contribution in [3.05, 3.63) is 28.8 Å². The number of aromatic hydroxyl groups is 1. The summed E-state index contributed by atoms with van der Waals surface area (Å²) >= 11 is 0. The van der Waals surface area contributed by atoms with Crippen molar-refractivity contribution in [2.75, 3.05) is 0 Å². The highest BCUT2D eigenvalue weighted by molar-refractivity contribution is 5.98. The highest BCUT2D eigenvalue weighted by Gasteiger charge is 2.12. The Kier molecular flexibility index (Phi) is 2.71. The maximum absolute atomic E-state index is 11.2. The van der Waals surface area contributed by atoms with Gasteiger partial charge in [0.15, 0.2) is 5.78 Å². The summed E-state index contributed by atoms with van der Waals surface area (Å²) in [6.45, 7) is 5.24. The molecule has 1 aromatic rings. The number of carbonyl (C=O) groups excluding carboxylic acids is 1. The fourth-order valence-electron chi connectivity index (χ4n) is 1.42. The van der Waals surface area contributed by atoms with Crippen LogP contribution in [-0.4, -0.2) is 10.9 Å². The minimum Gasteiger partial charge on any atom is -0.507 e. The van der Waals surface area contributed by atoms with Gasteiger partial charge in [-0.3, -0.25) is 4.79 Å². The molecule has 0 aliphatic carbocycles. The fraction of sp³-hybridized carbons (Fsp3) is 0.364. The summed E-state index contributed by atoms with van der Waals surface area (Å²) < 4.78 is 0. The predicted octanol–water partition coefficient (Wildman–Crippen LogP) is 2.47. The fourth-order valence-corrected chi connectivity index (χ4v) is 1.42. The number of hydrogen-bond donors (Lipinski definition) is 1. The van der Waals surface area contributed by atoms with Crippen molar-refractivity contribution >= 4 is 5.78 Å². The van der Waals surface area contributed by atoms with E-state index < -0.39 is 0 Å². The van der Waals surface area contributed by atoms with Crippen molar-refractivity contribution in [3.63, 3.8) is 0 Å². The van der Waals surface area contributed by atoms with Gasteiger partial charge in [-0.15, -0.1) is 0 Å². The van der Waals surface area contributed by atoms with Gasteiger partial charge in [0.1, 0.15) is 5.75 Å². The molecule has 0 atom stereocenters. The zero-order valence-corrected chi connectivity index (χ0v) is 8.22. The Labute approximate surface area is 78.2 Å². The zero-order valence-electron chi connectivity index (χ0n) is 8.22. The van der Waals surface area contributed by atoms with Crippen LogP contribution in [0.15, 0.2) is 12.1 Å². The molecule has 0 saturated carbocycles. The van der Waals surface area contributed by atoms with Crippen LogP contribution in [0.5, 0.6) is 5.75 Å². The summed E-state index contributed by atoms with van der Waals surface area (Å²) in [7, 11) is 0. The van der Waals surface area contributed by atoms with Crippen LogP contribution in [0.4, 0.5) is 0 Å². The molecular weight excluding hydrogens is 164 g/mol. The molecule has 0 aliphatic rings. The van der Waals surface area contributed by atoms with E-state index in [0.29, 0.717) is 5.56 Å². The molecule has 0 aromatic heterocycles. The number of rotatable bonds is 2. The average molecular weight is 178 g/mol. The number of hydrogen-bond acceptors (Lipinski definition) is 2. The number of phenols is 1. The van der Waals surface area contributed by atoms with Gasteiger partial charge in [-0.05, 0) is 31.4 Å². The normalized spacial score (nSPS) is 10.1. The van der Waals surface area contributed by atoms with Crippen LogP contribution in [0.2, 0.25) is 0 Å². The second-order valence-corrected chi connectivity index (χ2v) is 3.17. The predicted molar refractivity (Wildman–Crippen MR) is 52.2 cm³/mol. The monoisotopic (exact) mass is 178 g/mol. The Bertz CT molecular complexity index is 340. The minimum absolute atomic E-state index is 0.0712. The molecule has 1 rings (SSSR count). The van der Waals surface area contributed by atoms with E-state index in [0.717, 1.165) is 17.5 Å². The number of phenolic OH excluding ortho intramolecular Hbond substituents is 1. The zero-order chi connectivity index (χ0) is 10.0. The van der Waals surface area contributed by atoms with Crippen LogP contribution in [0, 0.1) is 6.92 Å². The first-order valence-corrected chi connectivity index (χ1v) is 4.40. The van der Waals surface area contributed by atoms with E-state index in [9.17, 15) is 9.90 Å². The first kappa shape index (κ1) is 9.78. The van der Waals surface area contributed by atoms with E-state index in [-0.39, 0.29) is 11.5 Å². The molecule has 70 valence electrons. The molecule has 0 spiro atoms. The van der Waals surface area contributed by atoms with E-state index in [1.165, 1.54) is 6.92 Å². The van der Waals surface area contributed by atoms with Crippen LogP contribution in [0.3, 0.4) is 0 Å². The van der Waals surface area contributed by atoms with Gasteiger partial charge in [0.25, 0.3) is 0 Å². The van der Waals surface area contributed by atoms with Crippen LogP contribution >= 0.6 is 0 Å². The molecule has 0 fully saturated rings.